The van der Waals surface area contributed by atoms with Crippen molar-refractivity contribution in [2.24, 2.45) is 11.7 Å². The number of likely N-dealkylation sites (tertiary alicyclic amines) is 1. The third-order valence-electron chi connectivity index (χ3n) is 3.25. The third-order valence-corrected chi connectivity index (χ3v) is 3.25. The first-order valence-electron chi connectivity index (χ1n) is 6.91. The van der Waals surface area contributed by atoms with Gasteiger partial charge in [0.1, 0.15) is 11.5 Å². The molecule has 1 aliphatic rings. The molecular formula is C15H20N4O. The molecule has 2 heterocycles. The average Bonchev–Trinajstić information content (AvgIpc) is 2.45. The van der Waals surface area contributed by atoms with Gasteiger partial charge in [-0.1, -0.05) is 18.9 Å². The van der Waals surface area contributed by atoms with E-state index in [9.17, 15) is 4.79 Å². The Morgan fingerprint density at radius 1 is 1.60 bits per heavy atom. The van der Waals surface area contributed by atoms with Crippen LogP contribution >= 0.6 is 0 Å². The lowest BCUT2D eigenvalue weighted by Gasteiger charge is -2.30. The maximum Gasteiger partial charge on any atom is 0.323 e. The van der Waals surface area contributed by atoms with E-state index in [1.165, 1.54) is 6.42 Å². The Kier molecular flexibility index (Phi) is 4.97. The number of pyridine rings is 1. The Balaban J connectivity index is 2.00. The smallest absolute Gasteiger partial charge is 0.323 e. The van der Waals surface area contributed by atoms with Crippen LogP contribution in [0.5, 0.6) is 0 Å². The van der Waals surface area contributed by atoms with Crippen LogP contribution in [0.1, 0.15) is 25.5 Å². The highest BCUT2D eigenvalue weighted by Crippen LogP contribution is 2.16. The number of hydrogen-bond donors (Lipinski definition) is 2. The summed E-state index contributed by atoms with van der Waals surface area (Å²) in [6.07, 6.45) is 2.25. The van der Waals surface area contributed by atoms with E-state index >= 15 is 0 Å². The minimum absolute atomic E-state index is 0.0898. The summed E-state index contributed by atoms with van der Waals surface area (Å²) >= 11 is 0. The Bertz CT molecular complexity index is 532. The molecule has 2 rings (SSSR count). The van der Waals surface area contributed by atoms with Gasteiger partial charge >= 0.3 is 6.03 Å². The first-order valence-corrected chi connectivity index (χ1v) is 6.91. The maximum absolute atomic E-state index is 12.2. The molecule has 1 fully saturated rings. The van der Waals surface area contributed by atoms with Gasteiger partial charge in [0.2, 0.25) is 0 Å². The molecule has 0 spiro atoms. The number of amides is 2. The molecule has 5 heteroatoms. The number of hydrogen-bond acceptors (Lipinski definition) is 3. The number of nitrogens with one attached hydrogen (secondary N) is 1. The highest BCUT2D eigenvalue weighted by atomic mass is 16.2. The number of urea groups is 1. The van der Waals surface area contributed by atoms with E-state index in [0.717, 1.165) is 19.5 Å². The minimum Gasteiger partial charge on any atom is -0.324 e. The molecule has 0 radical (unpaired) electrons. The molecule has 20 heavy (non-hydrogen) atoms. The molecule has 1 aromatic rings. The van der Waals surface area contributed by atoms with Crippen molar-refractivity contribution in [3.63, 3.8) is 0 Å². The normalized spacial score (nSPS) is 18.1. The molecule has 0 bridgehead atoms. The number of rotatable bonds is 1. The van der Waals surface area contributed by atoms with Crippen LogP contribution in [0.4, 0.5) is 10.6 Å². The van der Waals surface area contributed by atoms with E-state index in [1.54, 1.807) is 12.1 Å². The Hall–Kier alpha value is -2.06. The van der Waals surface area contributed by atoms with Crippen molar-refractivity contribution >= 4 is 11.8 Å². The topological polar surface area (TPSA) is 71.2 Å². The maximum atomic E-state index is 12.2. The zero-order valence-electron chi connectivity index (χ0n) is 11.7. The quantitative estimate of drug-likeness (QED) is 0.764. The van der Waals surface area contributed by atoms with Crippen molar-refractivity contribution in [2.45, 2.75) is 19.8 Å². The molecule has 1 saturated heterocycles. The number of anilines is 1. The van der Waals surface area contributed by atoms with Crippen LogP contribution in [0.15, 0.2) is 18.2 Å². The van der Waals surface area contributed by atoms with Gasteiger partial charge in [-0.25, -0.2) is 9.78 Å². The lowest BCUT2D eigenvalue weighted by atomic mass is 10.0. The second-order valence-electron chi connectivity index (χ2n) is 5.04. The second-order valence-corrected chi connectivity index (χ2v) is 5.04. The van der Waals surface area contributed by atoms with E-state index in [2.05, 4.69) is 29.1 Å². The molecular weight excluding hydrogens is 252 g/mol. The van der Waals surface area contributed by atoms with Crippen LogP contribution in [0.2, 0.25) is 0 Å². The molecule has 0 aliphatic carbocycles. The lowest BCUT2D eigenvalue weighted by molar-refractivity contribution is 0.182. The Morgan fingerprint density at radius 2 is 2.45 bits per heavy atom. The summed E-state index contributed by atoms with van der Waals surface area (Å²) in [5.74, 6) is 6.68. The number of carbonyl (C=O) groups is 1. The van der Waals surface area contributed by atoms with Crippen molar-refractivity contribution in [3.8, 4) is 11.8 Å². The fourth-order valence-electron chi connectivity index (χ4n) is 2.28. The number of carbonyl (C=O) groups excluding carboxylic acids is 1. The lowest BCUT2D eigenvalue weighted by Crippen LogP contribution is -2.41. The van der Waals surface area contributed by atoms with Crippen molar-refractivity contribution < 1.29 is 4.79 Å². The SMILES string of the molecule is CC1CCCN(C(=O)Nc2cccc(C#CCN)n2)C1. The first-order chi connectivity index (χ1) is 9.69. The van der Waals surface area contributed by atoms with Crippen molar-refractivity contribution in [1.29, 1.82) is 0 Å². The van der Waals surface area contributed by atoms with Gasteiger partial charge in [0.05, 0.1) is 6.54 Å². The molecule has 3 N–H and O–H groups in total. The van der Waals surface area contributed by atoms with Crippen LogP contribution in [0.3, 0.4) is 0 Å². The summed E-state index contributed by atoms with van der Waals surface area (Å²) in [6, 6.07) is 5.29. The van der Waals surface area contributed by atoms with E-state index in [-0.39, 0.29) is 6.03 Å². The van der Waals surface area contributed by atoms with Gasteiger partial charge in [-0.15, -0.1) is 0 Å². The number of nitrogens with two attached hydrogens (primary N) is 1. The van der Waals surface area contributed by atoms with Crippen LogP contribution in [-0.4, -0.2) is 35.5 Å². The number of aromatic nitrogens is 1. The van der Waals surface area contributed by atoms with Gasteiger partial charge in [-0.2, -0.15) is 0 Å². The largest absolute Gasteiger partial charge is 0.324 e. The first kappa shape index (κ1) is 14.4. The number of nitrogens with zero attached hydrogens (tertiary/aromatic N) is 2. The minimum atomic E-state index is -0.0898. The fraction of sp³-hybridized carbons (Fsp3) is 0.467. The van der Waals surface area contributed by atoms with Crippen LogP contribution < -0.4 is 11.1 Å². The van der Waals surface area contributed by atoms with Gasteiger partial charge in [0, 0.05) is 13.1 Å². The molecule has 0 aromatic carbocycles. The Labute approximate surface area is 119 Å². The van der Waals surface area contributed by atoms with Gasteiger partial charge in [-0.3, -0.25) is 5.32 Å². The van der Waals surface area contributed by atoms with Crippen LogP contribution in [0.25, 0.3) is 0 Å². The molecule has 1 aliphatic heterocycles. The zero-order chi connectivity index (χ0) is 14.4. The summed E-state index contributed by atoms with van der Waals surface area (Å²) < 4.78 is 0. The van der Waals surface area contributed by atoms with Crippen molar-refractivity contribution in [2.75, 3.05) is 25.0 Å². The molecule has 0 saturated carbocycles. The zero-order valence-corrected chi connectivity index (χ0v) is 11.7. The molecule has 2 amide bonds. The molecule has 1 atom stereocenters. The summed E-state index contributed by atoms with van der Waals surface area (Å²) in [4.78, 5) is 18.3. The van der Waals surface area contributed by atoms with Gasteiger partial charge in [0.15, 0.2) is 0 Å². The van der Waals surface area contributed by atoms with E-state index < -0.39 is 0 Å². The van der Waals surface area contributed by atoms with E-state index in [0.29, 0.717) is 24.0 Å². The fourth-order valence-corrected chi connectivity index (χ4v) is 2.28. The highest BCUT2D eigenvalue weighted by Gasteiger charge is 2.20. The molecule has 5 nitrogen and oxygen atoms in total. The average molecular weight is 272 g/mol. The second kappa shape index (κ2) is 6.92. The number of piperidine rings is 1. The Morgan fingerprint density at radius 3 is 3.20 bits per heavy atom. The van der Waals surface area contributed by atoms with Gasteiger partial charge in [0.25, 0.3) is 0 Å². The van der Waals surface area contributed by atoms with E-state index in [1.807, 2.05) is 11.0 Å². The van der Waals surface area contributed by atoms with Gasteiger partial charge < -0.3 is 10.6 Å². The monoisotopic (exact) mass is 272 g/mol. The predicted molar refractivity (Wildman–Crippen MR) is 79.2 cm³/mol. The van der Waals surface area contributed by atoms with Crippen LogP contribution in [0, 0.1) is 17.8 Å². The van der Waals surface area contributed by atoms with Crippen molar-refractivity contribution in [1.82, 2.24) is 9.88 Å². The summed E-state index contributed by atoms with van der Waals surface area (Å²) in [6.45, 7) is 4.08. The summed E-state index contributed by atoms with van der Waals surface area (Å²) in [5.41, 5.74) is 5.94. The predicted octanol–water partition coefficient (Wildman–Crippen LogP) is 1.66. The summed E-state index contributed by atoms with van der Waals surface area (Å²) in [5, 5.41) is 2.83. The van der Waals surface area contributed by atoms with Crippen LogP contribution in [-0.2, 0) is 0 Å². The van der Waals surface area contributed by atoms with Crippen molar-refractivity contribution in [3.05, 3.63) is 23.9 Å². The summed E-state index contributed by atoms with van der Waals surface area (Å²) in [7, 11) is 0. The standard InChI is InChI=1S/C15H20N4O/c1-12-5-4-10-19(11-12)15(20)18-14-8-2-6-13(17-14)7-3-9-16/h2,6,8,12H,4-5,9-11,16H2,1H3,(H,17,18,20). The van der Waals surface area contributed by atoms with E-state index in [4.69, 9.17) is 5.73 Å². The molecule has 1 aromatic heterocycles. The van der Waals surface area contributed by atoms with Gasteiger partial charge in [-0.05, 0) is 36.8 Å². The highest BCUT2D eigenvalue weighted by molar-refractivity contribution is 5.88. The molecule has 1 unspecified atom stereocenters. The molecule has 106 valence electrons. The third kappa shape index (κ3) is 3.97.